The smallest absolute Gasteiger partial charge is 0.155 e. The van der Waals surface area contributed by atoms with Crippen molar-refractivity contribution in [2.24, 2.45) is 34.5 Å². The Morgan fingerprint density at radius 1 is 1.04 bits per heavy atom. The van der Waals surface area contributed by atoms with Gasteiger partial charge in [0.1, 0.15) is 0 Å². The summed E-state index contributed by atoms with van der Waals surface area (Å²) in [5, 5.41) is 12.2. The summed E-state index contributed by atoms with van der Waals surface area (Å²) in [6.07, 6.45) is 10.7. The van der Waals surface area contributed by atoms with Crippen LogP contribution in [0.2, 0.25) is 0 Å². The second-order valence-corrected chi connectivity index (χ2v) is 9.40. The first-order valence-electron chi connectivity index (χ1n) is 9.76. The molecule has 5 unspecified atom stereocenters. The number of carbonyl (C=O) groups excluding carboxylic acids is 1. The molecule has 7 atom stereocenters. The number of rotatable bonds is 1. The van der Waals surface area contributed by atoms with Crippen LogP contribution in [0.15, 0.2) is 11.6 Å². The first-order chi connectivity index (χ1) is 10.9. The Bertz CT molecular complexity index is 548. The number of hydrogen-bond acceptors (Lipinski definition) is 1. The Kier molecular flexibility index (Phi) is 3.58. The van der Waals surface area contributed by atoms with Gasteiger partial charge in [-0.2, -0.15) is 0 Å². The minimum absolute atomic E-state index is 0.263. The van der Waals surface area contributed by atoms with Crippen molar-refractivity contribution in [1.82, 2.24) is 0 Å². The Labute approximate surface area is 140 Å². The average Bonchev–Trinajstić information content (AvgIpc) is 2.85. The van der Waals surface area contributed by atoms with Gasteiger partial charge < -0.3 is 0 Å². The van der Waals surface area contributed by atoms with Crippen LogP contribution in [0.4, 0.5) is 0 Å². The van der Waals surface area contributed by atoms with E-state index in [1.54, 1.807) is 0 Å². The Morgan fingerprint density at radius 3 is 2.57 bits per heavy atom. The molecule has 4 aliphatic carbocycles. The highest BCUT2D eigenvalue weighted by Crippen LogP contribution is 2.66. The third kappa shape index (κ3) is 2.13. The first kappa shape index (κ1) is 15.9. The molecule has 1 radical (unpaired) electrons. The van der Waals surface area contributed by atoms with Crippen LogP contribution in [-0.4, -0.2) is 11.9 Å². The maximum absolute atomic E-state index is 12.2. The molecule has 0 spiro atoms. The Hall–Kier alpha value is -0.630. The minimum Gasteiger partial charge on any atom is -0.295 e. The average molecular weight is 315 g/mol. The number of allylic oxidation sites excluding steroid dienone is 1. The zero-order valence-electron chi connectivity index (χ0n) is 14.9. The highest BCUT2D eigenvalue weighted by atomic mass is 16.3. The standard InChI is InChI=1S/C21H31O2/c1-13(22)17-6-7-18-16-5-4-14-12-15(23)8-10-20(14,2)19(16)9-11-21(17,18)3/h12-13,16-19H,4-11H2,1-3H3/t13?,16?,17?,18?,19?,20-,21+/m0/s1. The molecule has 0 N–H and O–H groups in total. The molecule has 2 heteroatoms. The van der Waals surface area contributed by atoms with Crippen molar-refractivity contribution in [3.05, 3.63) is 11.6 Å². The highest BCUT2D eigenvalue weighted by molar-refractivity contribution is 5.91. The van der Waals surface area contributed by atoms with Gasteiger partial charge in [-0.25, -0.2) is 5.11 Å². The van der Waals surface area contributed by atoms with E-state index in [2.05, 4.69) is 13.8 Å². The van der Waals surface area contributed by atoms with Crippen molar-refractivity contribution in [2.45, 2.75) is 78.2 Å². The lowest BCUT2D eigenvalue weighted by atomic mass is 9.46. The second kappa shape index (κ2) is 5.18. The van der Waals surface area contributed by atoms with Gasteiger partial charge in [0.2, 0.25) is 0 Å². The Morgan fingerprint density at radius 2 is 1.83 bits per heavy atom. The zero-order chi connectivity index (χ0) is 16.4. The van der Waals surface area contributed by atoms with E-state index < -0.39 is 6.10 Å². The number of fused-ring (bicyclic) bond motifs is 5. The predicted octanol–water partition coefficient (Wildman–Crippen LogP) is 4.95. The molecule has 4 rings (SSSR count). The summed E-state index contributed by atoms with van der Waals surface area (Å²) in [7, 11) is 0. The zero-order valence-corrected chi connectivity index (χ0v) is 14.9. The van der Waals surface area contributed by atoms with Gasteiger partial charge in [-0.05, 0) is 92.4 Å². The van der Waals surface area contributed by atoms with E-state index in [4.69, 9.17) is 0 Å². The van der Waals surface area contributed by atoms with E-state index in [9.17, 15) is 9.90 Å². The molecule has 0 saturated heterocycles. The van der Waals surface area contributed by atoms with E-state index in [-0.39, 0.29) is 10.8 Å². The lowest BCUT2D eigenvalue weighted by molar-refractivity contribution is -0.118. The second-order valence-electron chi connectivity index (χ2n) is 9.40. The first-order valence-corrected chi connectivity index (χ1v) is 9.76. The molecule has 2 nitrogen and oxygen atoms in total. The Balaban J connectivity index is 1.66. The van der Waals surface area contributed by atoms with Gasteiger partial charge in [0, 0.05) is 6.42 Å². The summed E-state index contributed by atoms with van der Waals surface area (Å²) in [4.78, 5) is 11.9. The van der Waals surface area contributed by atoms with Crippen molar-refractivity contribution < 1.29 is 9.90 Å². The van der Waals surface area contributed by atoms with Crippen LogP contribution in [0, 0.1) is 34.5 Å². The molecule has 3 fully saturated rings. The van der Waals surface area contributed by atoms with Crippen molar-refractivity contribution in [3.63, 3.8) is 0 Å². The molecule has 0 heterocycles. The monoisotopic (exact) mass is 315 g/mol. The third-order valence-corrected chi connectivity index (χ3v) is 8.60. The molecule has 0 aromatic heterocycles. The summed E-state index contributed by atoms with van der Waals surface area (Å²) >= 11 is 0. The molecule has 0 bridgehead atoms. The molecular weight excluding hydrogens is 284 g/mol. The molecule has 127 valence electrons. The van der Waals surface area contributed by atoms with Crippen molar-refractivity contribution in [1.29, 1.82) is 0 Å². The van der Waals surface area contributed by atoms with Gasteiger partial charge in [0.25, 0.3) is 0 Å². The lowest BCUT2D eigenvalue weighted by Gasteiger charge is -2.58. The summed E-state index contributed by atoms with van der Waals surface area (Å²) in [5.74, 6) is 3.00. The fourth-order valence-corrected chi connectivity index (χ4v) is 7.37. The molecule has 0 aromatic carbocycles. The number of carbonyl (C=O) groups is 1. The summed E-state index contributed by atoms with van der Waals surface area (Å²) in [6, 6.07) is 0. The summed E-state index contributed by atoms with van der Waals surface area (Å²) in [5.41, 5.74) is 1.99. The van der Waals surface area contributed by atoms with E-state index >= 15 is 0 Å². The van der Waals surface area contributed by atoms with Gasteiger partial charge in [-0.1, -0.05) is 19.4 Å². The van der Waals surface area contributed by atoms with Crippen molar-refractivity contribution in [3.8, 4) is 0 Å². The van der Waals surface area contributed by atoms with Crippen LogP contribution in [0.25, 0.3) is 0 Å². The van der Waals surface area contributed by atoms with E-state index in [1.807, 2.05) is 13.0 Å². The predicted molar refractivity (Wildman–Crippen MR) is 90.3 cm³/mol. The lowest BCUT2D eigenvalue weighted by Crippen LogP contribution is -2.51. The maximum atomic E-state index is 12.2. The summed E-state index contributed by atoms with van der Waals surface area (Å²) < 4.78 is 0. The quantitative estimate of drug-likeness (QED) is 0.674. The van der Waals surface area contributed by atoms with Crippen LogP contribution in [0.3, 0.4) is 0 Å². The molecule has 0 aliphatic heterocycles. The maximum Gasteiger partial charge on any atom is 0.155 e. The molecule has 3 saturated carbocycles. The fraction of sp³-hybridized carbons (Fsp3) is 0.857. The van der Waals surface area contributed by atoms with Crippen LogP contribution in [0.5, 0.6) is 0 Å². The normalized spacial score (nSPS) is 50.6. The van der Waals surface area contributed by atoms with Crippen LogP contribution < -0.4 is 0 Å². The van der Waals surface area contributed by atoms with E-state index in [0.717, 1.165) is 43.4 Å². The van der Waals surface area contributed by atoms with Gasteiger partial charge in [-0.3, -0.25) is 4.79 Å². The van der Waals surface area contributed by atoms with Crippen molar-refractivity contribution >= 4 is 5.78 Å². The van der Waals surface area contributed by atoms with E-state index in [1.165, 1.54) is 31.3 Å². The molecule has 23 heavy (non-hydrogen) atoms. The number of hydrogen-bond donors (Lipinski definition) is 0. The topological polar surface area (TPSA) is 37.0 Å². The van der Waals surface area contributed by atoms with Gasteiger partial charge in [0.05, 0.1) is 6.10 Å². The van der Waals surface area contributed by atoms with Gasteiger partial charge in [0.15, 0.2) is 5.78 Å². The minimum atomic E-state index is -0.413. The molecule has 0 amide bonds. The van der Waals surface area contributed by atoms with Gasteiger partial charge >= 0.3 is 0 Å². The molecular formula is C21H31O2. The molecule has 4 aliphatic rings. The molecule has 0 aromatic rings. The van der Waals surface area contributed by atoms with Crippen LogP contribution in [0.1, 0.15) is 72.1 Å². The largest absolute Gasteiger partial charge is 0.295 e. The van der Waals surface area contributed by atoms with Crippen LogP contribution in [-0.2, 0) is 9.90 Å². The third-order valence-electron chi connectivity index (χ3n) is 8.60. The van der Waals surface area contributed by atoms with Crippen molar-refractivity contribution in [2.75, 3.05) is 0 Å². The SMILES string of the molecule is CC([O])C1CCC2C3CCC4=CC(=O)CC[C@]4(C)C3CC[C@]12C. The highest BCUT2D eigenvalue weighted by Gasteiger charge is 2.59. The van der Waals surface area contributed by atoms with Gasteiger partial charge in [-0.15, -0.1) is 0 Å². The fourth-order valence-electron chi connectivity index (χ4n) is 7.37. The van der Waals surface area contributed by atoms with E-state index in [0.29, 0.717) is 11.7 Å². The van der Waals surface area contributed by atoms with Crippen LogP contribution >= 0.6 is 0 Å². The summed E-state index contributed by atoms with van der Waals surface area (Å²) in [6.45, 7) is 6.76. The number of ketones is 1.